The Morgan fingerprint density at radius 2 is 2.07 bits per heavy atom. The second-order valence-corrected chi connectivity index (χ2v) is 3.33. The number of isocyanates is 1. The van der Waals surface area contributed by atoms with Crippen LogP contribution in [0.25, 0.3) is 10.6 Å². The minimum absolute atomic E-state index is 0.591. The van der Waals surface area contributed by atoms with Crippen molar-refractivity contribution in [1.29, 1.82) is 0 Å². The number of aliphatic imine (C=N–C) groups is 1. The lowest BCUT2D eigenvalue weighted by Gasteiger charge is -1.94. The largest absolute Gasteiger partial charge is 0.240 e. The molecule has 0 bridgehead atoms. The van der Waals surface area contributed by atoms with Crippen molar-refractivity contribution in [2.45, 2.75) is 0 Å². The Morgan fingerprint density at radius 3 is 2.64 bits per heavy atom. The molecule has 14 heavy (non-hydrogen) atoms. The van der Waals surface area contributed by atoms with Crippen molar-refractivity contribution in [2.24, 2.45) is 4.99 Å². The van der Waals surface area contributed by atoms with E-state index in [4.69, 9.17) is 0 Å². The number of nitrogens with zero attached hydrogens (tertiary/aromatic N) is 3. The van der Waals surface area contributed by atoms with Crippen LogP contribution in [-0.4, -0.2) is 16.3 Å². The van der Waals surface area contributed by atoms with Crippen LogP contribution in [0.2, 0.25) is 0 Å². The van der Waals surface area contributed by atoms with Gasteiger partial charge in [-0.1, -0.05) is 11.3 Å². The van der Waals surface area contributed by atoms with Gasteiger partial charge in [-0.15, -0.1) is 10.2 Å². The molecule has 0 radical (unpaired) electrons. The van der Waals surface area contributed by atoms with Crippen LogP contribution in [0.4, 0.5) is 5.69 Å². The lowest BCUT2D eigenvalue weighted by atomic mass is 10.2. The number of hydrogen-bond donors (Lipinski definition) is 0. The Morgan fingerprint density at radius 1 is 1.29 bits per heavy atom. The highest BCUT2D eigenvalue weighted by Gasteiger charge is 2.00. The molecule has 0 unspecified atom stereocenters. The van der Waals surface area contributed by atoms with E-state index < -0.39 is 0 Å². The zero-order valence-electron chi connectivity index (χ0n) is 7.04. The summed E-state index contributed by atoms with van der Waals surface area (Å²) < 4.78 is 0. The van der Waals surface area contributed by atoms with E-state index >= 15 is 0 Å². The maximum Gasteiger partial charge on any atom is 0.240 e. The quantitative estimate of drug-likeness (QED) is 0.555. The molecule has 0 fully saturated rings. The van der Waals surface area contributed by atoms with Gasteiger partial charge in [0.05, 0.1) is 5.69 Å². The molecule has 2 rings (SSSR count). The minimum Gasteiger partial charge on any atom is -0.211 e. The van der Waals surface area contributed by atoms with Crippen LogP contribution in [0.1, 0.15) is 0 Å². The van der Waals surface area contributed by atoms with E-state index in [9.17, 15) is 4.79 Å². The SMILES string of the molecule is O=C=Nc1ccc(-c2nncs2)cc1. The van der Waals surface area contributed by atoms with E-state index in [1.807, 2.05) is 12.1 Å². The van der Waals surface area contributed by atoms with Gasteiger partial charge in [0.25, 0.3) is 0 Å². The minimum atomic E-state index is 0.591. The summed E-state index contributed by atoms with van der Waals surface area (Å²) in [5.41, 5.74) is 3.23. The van der Waals surface area contributed by atoms with Gasteiger partial charge in [0.15, 0.2) is 0 Å². The molecule has 0 N–H and O–H groups in total. The molecular formula is C9H5N3OS. The number of hydrogen-bond acceptors (Lipinski definition) is 5. The second-order valence-electron chi connectivity index (χ2n) is 2.49. The van der Waals surface area contributed by atoms with E-state index in [2.05, 4.69) is 15.2 Å². The molecule has 1 aromatic carbocycles. The van der Waals surface area contributed by atoms with Crippen molar-refractivity contribution in [3.63, 3.8) is 0 Å². The maximum atomic E-state index is 9.98. The highest BCUT2D eigenvalue weighted by atomic mass is 32.1. The molecule has 0 atom stereocenters. The van der Waals surface area contributed by atoms with Gasteiger partial charge in [-0.2, -0.15) is 4.99 Å². The van der Waals surface area contributed by atoms with Gasteiger partial charge in [0.1, 0.15) is 10.5 Å². The Bertz CT molecular complexity index is 457. The van der Waals surface area contributed by atoms with Crippen LogP contribution in [0.5, 0.6) is 0 Å². The predicted octanol–water partition coefficient (Wildman–Crippen LogP) is 2.17. The van der Waals surface area contributed by atoms with Crippen LogP contribution >= 0.6 is 11.3 Å². The molecule has 1 heterocycles. The van der Waals surface area contributed by atoms with Gasteiger partial charge in [-0.3, -0.25) is 0 Å². The van der Waals surface area contributed by atoms with Gasteiger partial charge in [0.2, 0.25) is 6.08 Å². The standard InChI is InChI=1S/C9H5N3OS/c13-5-10-8-3-1-7(2-4-8)9-12-11-6-14-9/h1-4,6H. The van der Waals surface area contributed by atoms with Crippen LogP contribution in [-0.2, 0) is 4.79 Å². The molecule has 1 aromatic heterocycles. The lowest BCUT2D eigenvalue weighted by Crippen LogP contribution is -1.75. The summed E-state index contributed by atoms with van der Waals surface area (Å²) >= 11 is 1.47. The third kappa shape index (κ3) is 1.74. The molecular weight excluding hydrogens is 198 g/mol. The molecule has 0 spiro atoms. The molecule has 0 amide bonds. The number of carbonyl (C=O) groups excluding carboxylic acids is 1. The highest BCUT2D eigenvalue weighted by molar-refractivity contribution is 7.12. The van der Waals surface area contributed by atoms with Gasteiger partial charge >= 0.3 is 0 Å². The first-order valence-electron chi connectivity index (χ1n) is 3.84. The van der Waals surface area contributed by atoms with E-state index in [1.54, 1.807) is 17.6 Å². The predicted molar refractivity (Wildman–Crippen MR) is 53.1 cm³/mol. The first-order chi connectivity index (χ1) is 6.90. The van der Waals surface area contributed by atoms with Crippen LogP contribution in [0.3, 0.4) is 0 Å². The van der Waals surface area contributed by atoms with Gasteiger partial charge < -0.3 is 0 Å². The monoisotopic (exact) mass is 203 g/mol. The fourth-order valence-electron chi connectivity index (χ4n) is 1.03. The Kier molecular flexibility index (Phi) is 2.44. The summed E-state index contributed by atoms with van der Waals surface area (Å²) in [6.07, 6.45) is 1.49. The number of aromatic nitrogens is 2. The smallest absolute Gasteiger partial charge is 0.211 e. The average Bonchev–Trinajstić information content (AvgIpc) is 2.72. The first-order valence-corrected chi connectivity index (χ1v) is 4.72. The summed E-state index contributed by atoms with van der Waals surface area (Å²) in [6, 6.07) is 7.16. The summed E-state index contributed by atoms with van der Waals surface area (Å²) in [7, 11) is 0. The van der Waals surface area contributed by atoms with Crippen molar-refractivity contribution in [3.05, 3.63) is 29.8 Å². The normalized spacial score (nSPS) is 9.43. The summed E-state index contributed by atoms with van der Waals surface area (Å²) in [6.45, 7) is 0. The molecule has 0 aliphatic heterocycles. The number of benzene rings is 1. The van der Waals surface area contributed by atoms with Crippen molar-refractivity contribution in [2.75, 3.05) is 0 Å². The van der Waals surface area contributed by atoms with Crippen molar-refractivity contribution < 1.29 is 4.79 Å². The maximum absolute atomic E-state index is 9.98. The van der Waals surface area contributed by atoms with E-state index in [0.717, 1.165) is 10.6 Å². The second kappa shape index (κ2) is 3.91. The van der Waals surface area contributed by atoms with Crippen LogP contribution < -0.4 is 0 Å². The molecule has 0 aliphatic rings. The van der Waals surface area contributed by atoms with Crippen molar-refractivity contribution in [3.8, 4) is 10.6 Å². The fraction of sp³-hybridized carbons (Fsp3) is 0. The summed E-state index contributed by atoms with van der Waals surface area (Å²) in [5, 5.41) is 8.52. The van der Waals surface area contributed by atoms with Gasteiger partial charge in [-0.25, -0.2) is 4.79 Å². The van der Waals surface area contributed by atoms with E-state index in [1.165, 1.54) is 17.4 Å². The summed E-state index contributed by atoms with van der Waals surface area (Å²) in [4.78, 5) is 13.5. The van der Waals surface area contributed by atoms with Gasteiger partial charge in [-0.05, 0) is 24.3 Å². The third-order valence-electron chi connectivity index (χ3n) is 1.65. The highest BCUT2D eigenvalue weighted by Crippen LogP contribution is 2.22. The van der Waals surface area contributed by atoms with E-state index in [-0.39, 0.29) is 0 Å². The Hall–Kier alpha value is -1.84. The molecule has 68 valence electrons. The zero-order chi connectivity index (χ0) is 9.80. The molecule has 5 heteroatoms. The first kappa shape index (κ1) is 8.74. The molecule has 4 nitrogen and oxygen atoms in total. The Labute approximate surface area is 84.0 Å². The van der Waals surface area contributed by atoms with Crippen LogP contribution in [0, 0.1) is 0 Å². The molecule has 2 aromatic rings. The van der Waals surface area contributed by atoms with E-state index in [0.29, 0.717) is 5.69 Å². The van der Waals surface area contributed by atoms with Crippen molar-refractivity contribution in [1.82, 2.24) is 10.2 Å². The van der Waals surface area contributed by atoms with Gasteiger partial charge in [0, 0.05) is 5.56 Å². The topological polar surface area (TPSA) is 55.2 Å². The Balaban J connectivity index is 2.35. The third-order valence-corrected chi connectivity index (χ3v) is 2.39. The number of rotatable bonds is 2. The van der Waals surface area contributed by atoms with Crippen molar-refractivity contribution >= 4 is 23.1 Å². The average molecular weight is 203 g/mol. The lowest BCUT2D eigenvalue weighted by molar-refractivity contribution is 0.565. The zero-order valence-corrected chi connectivity index (χ0v) is 7.86. The molecule has 0 saturated carbocycles. The molecule has 0 aliphatic carbocycles. The fourth-order valence-corrected chi connectivity index (χ4v) is 1.59. The molecule has 0 saturated heterocycles. The summed E-state index contributed by atoms with van der Waals surface area (Å²) in [5.74, 6) is 0. The van der Waals surface area contributed by atoms with Crippen LogP contribution in [0.15, 0.2) is 34.8 Å².